The van der Waals surface area contributed by atoms with Crippen LogP contribution in [0.1, 0.15) is 33.6 Å². The summed E-state index contributed by atoms with van der Waals surface area (Å²) in [5, 5.41) is 0. The Morgan fingerprint density at radius 3 is 2.33 bits per heavy atom. The predicted molar refractivity (Wildman–Crippen MR) is 67.4 cm³/mol. The Balaban J connectivity index is 2.41. The van der Waals surface area contributed by atoms with Gasteiger partial charge in [-0.05, 0) is 33.6 Å². The summed E-state index contributed by atoms with van der Waals surface area (Å²) in [5.41, 5.74) is -0.535. The minimum atomic E-state index is -0.535. The predicted octanol–water partition coefficient (Wildman–Crippen LogP) is 1.85. The van der Waals surface area contributed by atoms with Crippen LogP contribution in [0.3, 0.4) is 0 Å². The van der Waals surface area contributed by atoms with Gasteiger partial charge in [0.15, 0.2) is 5.78 Å². The lowest BCUT2D eigenvalue weighted by molar-refractivity contribution is -0.126. The van der Waals surface area contributed by atoms with Gasteiger partial charge in [0.2, 0.25) is 0 Å². The normalized spacial score (nSPS) is 17.3. The van der Waals surface area contributed by atoms with Gasteiger partial charge < -0.3 is 14.4 Å². The van der Waals surface area contributed by atoms with E-state index >= 15 is 0 Å². The van der Waals surface area contributed by atoms with E-state index in [1.807, 2.05) is 0 Å². The summed E-state index contributed by atoms with van der Waals surface area (Å²) < 4.78 is 10.4. The van der Waals surface area contributed by atoms with E-state index in [0.717, 1.165) is 12.8 Å². The standard InChI is InChI=1S/C13H23NO4/c1-13(2,3)18-12(16)14(4)9-11(15)10-5-7-17-8-6-10/h10H,5-9H2,1-4H3. The van der Waals surface area contributed by atoms with Crippen LogP contribution in [0.2, 0.25) is 0 Å². The monoisotopic (exact) mass is 257 g/mol. The molecule has 0 aromatic heterocycles. The van der Waals surface area contributed by atoms with E-state index in [1.54, 1.807) is 27.8 Å². The summed E-state index contributed by atoms with van der Waals surface area (Å²) in [5.74, 6) is 0.107. The summed E-state index contributed by atoms with van der Waals surface area (Å²) in [6.07, 6.45) is 1.05. The highest BCUT2D eigenvalue weighted by molar-refractivity contribution is 5.86. The zero-order valence-corrected chi connectivity index (χ0v) is 11.7. The number of nitrogens with zero attached hydrogens (tertiary/aromatic N) is 1. The number of ether oxygens (including phenoxy) is 2. The molecule has 0 atom stereocenters. The van der Waals surface area contributed by atoms with Gasteiger partial charge in [0.25, 0.3) is 0 Å². The zero-order valence-electron chi connectivity index (χ0n) is 11.7. The van der Waals surface area contributed by atoms with Crippen LogP contribution in [0.15, 0.2) is 0 Å². The van der Waals surface area contributed by atoms with E-state index in [4.69, 9.17) is 9.47 Å². The second-order valence-corrected chi connectivity index (χ2v) is 5.69. The molecule has 1 heterocycles. The Labute approximate surface area is 108 Å². The number of rotatable bonds is 3. The highest BCUT2D eigenvalue weighted by Gasteiger charge is 2.26. The highest BCUT2D eigenvalue weighted by Crippen LogP contribution is 2.16. The van der Waals surface area contributed by atoms with Crippen LogP contribution < -0.4 is 0 Å². The van der Waals surface area contributed by atoms with E-state index in [9.17, 15) is 9.59 Å². The molecule has 1 amide bonds. The molecule has 0 aromatic rings. The molecule has 5 heteroatoms. The van der Waals surface area contributed by atoms with E-state index in [1.165, 1.54) is 4.90 Å². The van der Waals surface area contributed by atoms with E-state index in [-0.39, 0.29) is 18.2 Å². The van der Waals surface area contributed by atoms with Crippen molar-refractivity contribution in [1.29, 1.82) is 0 Å². The molecule has 18 heavy (non-hydrogen) atoms. The maximum absolute atomic E-state index is 12.0. The Morgan fingerprint density at radius 1 is 1.28 bits per heavy atom. The Kier molecular flexibility index (Phi) is 5.14. The number of ketones is 1. The van der Waals surface area contributed by atoms with Gasteiger partial charge in [-0.25, -0.2) is 4.79 Å². The molecule has 0 N–H and O–H groups in total. The number of carbonyl (C=O) groups is 2. The maximum Gasteiger partial charge on any atom is 0.410 e. The van der Waals surface area contributed by atoms with E-state index in [0.29, 0.717) is 13.2 Å². The minimum absolute atomic E-state index is 0.0173. The summed E-state index contributed by atoms with van der Waals surface area (Å²) in [6, 6.07) is 0. The van der Waals surface area contributed by atoms with Crippen LogP contribution in [0.25, 0.3) is 0 Å². The van der Waals surface area contributed by atoms with Crippen molar-refractivity contribution in [2.75, 3.05) is 26.8 Å². The third-order valence-corrected chi connectivity index (χ3v) is 2.77. The highest BCUT2D eigenvalue weighted by atomic mass is 16.6. The molecule has 0 saturated carbocycles. The molecule has 104 valence electrons. The fraction of sp³-hybridized carbons (Fsp3) is 0.846. The summed E-state index contributed by atoms with van der Waals surface area (Å²) in [6.45, 7) is 6.79. The fourth-order valence-electron chi connectivity index (χ4n) is 1.79. The molecule has 1 saturated heterocycles. The van der Waals surface area contributed by atoms with E-state index < -0.39 is 11.7 Å². The molecule has 0 spiro atoms. The molecule has 0 aromatic carbocycles. The van der Waals surface area contributed by atoms with Crippen molar-refractivity contribution >= 4 is 11.9 Å². The molecule has 0 radical (unpaired) electrons. The topological polar surface area (TPSA) is 55.8 Å². The lowest BCUT2D eigenvalue weighted by atomic mass is 9.95. The van der Waals surface area contributed by atoms with Crippen molar-refractivity contribution in [2.45, 2.75) is 39.2 Å². The molecule has 1 aliphatic rings. The Morgan fingerprint density at radius 2 is 1.83 bits per heavy atom. The summed E-state index contributed by atoms with van der Waals surface area (Å²) in [4.78, 5) is 25.0. The van der Waals surface area contributed by atoms with Gasteiger partial charge in [-0.3, -0.25) is 4.79 Å². The van der Waals surface area contributed by atoms with Gasteiger partial charge in [-0.2, -0.15) is 0 Å². The largest absolute Gasteiger partial charge is 0.444 e. The molecular formula is C13H23NO4. The first-order chi connectivity index (χ1) is 8.29. The van der Waals surface area contributed by atoms with Gasteiger partial charge in [-0.15, -0.1) is 0 Å². The van der Waals surface area contributed by atoms with Crippen LogP contribution in [0.5, 0.6) is 0 Å². The number of amides is 1. The SMILES string of the molecule is CN(CC(=O)C1CCOCC1)C(=O)OC(C)(C)C. The number of Topliss-reactive ketones (excluding diaryl/α,β-unsaturated/α-hetero) is 1. The average Bonchev–Trinajstić information content (AvgIpc) is 2.27. The van der Waals surface area contributed by atoms with Crippen molar-refractivity contribution < 1.29 is 19.1 Å². The Bertz CT molecular complexity index is 303. The third-order valence-electron chi connectivity index (χ3n) is 2.77. The molecule has 5 nitrogen and oxygen atoms in total. The first-order valence-electron chi connectivity index (χ1n) is 6.34. The molecule has 1 fully saturated rings. The van der Waals surface area contributed by atoms with Crippen molar-refractivity contribution in [1.82, 2.24) is 4.90 Å². The molecule has 0 bridgehead atoms. The average molecular weight is 257 g/mol. The quantitative estimate of drug-likeness (QED) is 0.774. The molecular weight excluding hydrogens is 234 g/mol. The van der Waals surface area contributed by atoms with Crippen LogP contribution in [-0.4, -0.2) is 49.2 Å². The van der Waals surface area contributed by atoms with Crippen LogP contribution >= 0.6 is 0 Å². The van der Waals surface area contributed by atoms with Crippen molar-refractivity contribution in [2.24, 2.45) is 5.92 Å². The molecule has 1 rings (SSSR count). The summed E-state index contributed by atoms with van der Waals surface area (Å²) in [7, 11) is 1.59. The van der Waals surface area contributed by atoms with Crippen molar-refractivity contribution in [3.63, 3.8) is 0 Å². The lowest BCUT2D eigenvalue weighted by Gasteiger charge is -2.26. The smallest absolute Gasteiger partial charge is 0.410 e. The molecule has 0 aliphatic carbocycles. The van der Waals surface area contributed by atoms with Gasteiger partial charge >= 0.3 is 6.09 Å². The number of hydrogen-bond donors (Lipinski definition) is 0. The lowest BCUT2D eigenvalue weighted by Crippen LogP contribution is -2.39. The van der Waals surface area contributed by atoms with Crippen LogP contribution in [0.4, 0.5) is 4.79 Å². The van der Waals surface area contributed by atoms with Crippen molar-refractivity contribution in [3.8, 4) is 0 Å². The number of carbonyl (C=O) groups excluding carboxylic acids is 2. The number of likely N-dealkylation sites (N-methyl/N-ethyl adjacent to an activating group) is 1. The van der Waals surface area contributed by atoms with Gasteiger partial charge in [0.05, 0.1) is 6.54 Å². The van der Waals surface area contributed by atoms with Gasteiger partial charge in [0.1, 0.15) is 5.60 Å². The first-order valence-corrected chi connectivity index (χ1v) is 6.34. The van der Waals surface area contributed by atoms with Crippen LogP contribution in [0, 0.1) is 5.92 Å². The van der Waals surface area contributed by atoms with E-state index in [2.05, 4.69) is 0 Å². The zero-order chi connectivity index (χ0) is 13.8. The molecule has 0 unspecified atom stereocenters. The minimum Gasteiger partial charge on any atom is -0.444 e. The Hall–Kier alpha value is -1.10. The molecule has 1 aliphatic heterocycles. The maximum atomic E-state index is 12.0. The van der Waals surface area contributed by atoms with Gasteiger partial charge in [0, 0.05) is 26.2 Å². The fourth-order valence-corrected chi connectivity index (χ4v) is 1.79. The summed E-state index contributed by atoms with van der Waals surface area (Å²) >= 11 is 0. The third kappa shape index (κ3) is 5.04. The second kappa shape index (κ2) is 6.18. The van der Waals surface area contributed by atoms with Gasteiger partial charge in [-0.1, -0.05) is 0 Å². The second-order valence-electron chi connectivity index (χ2n) is 5.69. The number of hydrogen-bond acceptors (Lipinski definition) is 4. The first kappa shape index (κ1) is 15.0. The van der Waals surface area contributed by atoms with Crippen LogP contribution in [-0.2, 0) is 14.3 Å². The van der Waals surface area contributed by atoms with Crippen molar-refractivity contribution in [3.05, 3.63) is 0 Å².